The molecule has 0 N–H and O–H groups in total. The molecule has 0 bridgehead atoms. The zero-order valence-electron chi connectivity index (χ0n) is 17.9. The van der Waals surface area contributed by atoms with Gasteiger partial charge in [-0.3, -0.25) is 0 Å². The summed E-state index contributed by atoms with van der Waals surface area (Å²) in [5, 5.41) is 0. The van der Waals surface area contributed by atoms with Crippen LogP contribution in [0.5, 0.6) is 0 Å². The van der Waals surface area contributed by atoms with Crippen molar-refractivity contribution >= 4 is 0 Å². The van der Waals surface area contributed by atoms with Crippen LogP contribution in [0, 0.1) is 0 Å². The fourth-order valence-corrected chi connectivity index (χ4v) is 5.09. The molecule has 0 heterocycles. The summed E-state index contributed by atoms with van der Waals surface area (Å²) in [6.45, 7) is 9.26. The van der Waals surface area contributed by atoms with Crippen LogP contribution in [0.15, 0.2) is 84.9 Å². The van der Waals surface area contributed by atoms with Gasteiger partial charge < -0.3 is 0 Å². The van der Waals surface area contributed by atoms with E-state index < -0.39 is 0 Å². The van der Waals surface area contributed by atoms with Gasteiger partial charge in [0.1, 0.15) is 0 Å². The molecule has 28 heavy (non-hydrogen) atoms. The van der Waals surface area contributed by atoms with Gasteiger partial charge in [-0.15, -0.1) is 0 Å². The Bertz CT molecular complexity index is 761. The third-order valence-electron chi connectivity index (χ3n) is 7.06. The topological polar surface area (TPSA) is 0 Å². The average Bonchev–Trinajstić information content (AvgIpc) is 2.79. The molecular weight excluding hydrogens is 336 g/mol. The second-order valence-electron chi connectivity index (χ2n) is 7.89. The second-order valence-corrected chi connectivity index (χ2v) is 7.89. The Hall–Kier alpha value is -2.34. The maximum atomic E-state index is 2.39. The Morgan fingerprint density at radius 2 is 0.643 bits per heavy atom. The highest BCUT2D eigenvalue weighted by Crippen LogP contribution is 2.42. The van der Waals surface area contributed by atoms with Gasteiger partial charge in [0.2, 0.25) is 0 Å². The lowest BCUT2D eigenvalue weighted by Gasteiger charge is -2.36. The molecule has 0 aromatic heterocycles. The number of rotatable bonds is 8. The van der Waals surface area contributed by atoms with Gasteiger partial charge in [0.05, 0.1) is 0 Å². The Kier molecular flexibility index (Phi) is 6.39. The van der Waals surface area contributed by atoms with E-state index in [1.807, 2.05) is 0 Å². The van der Waals surface area contributed by atoms with Crippen LogP contribution in [0.1, 0.15) is 75.6 Å². The predicted molar refractivity (Wildman–Crippen MR) is 122 cm³/mol. The molecule has 0 saturated carbocycles. The molecular formula is C28H34. The smallest absolute Gasteiger partial charge is 0.0197 e. The zero-order valence-corrected chi connectivity index (χ0v) is 17.9. The van der Waals surface area contributed by atoms with E-state index in [9.17, 15) is 0 Å². The first kappa shape index (κ1) is 20.4. The fraction of sp³-hybridized carbons (Fsp3) is 0.357. The standard InChI is InChI=1S/C28H34/c1-5-27(6-2,23-15-11-9-12-16-23)25-19-21-26(22-20-25)28(7-3,8-4)24-17-13-10-14-18-24/h9-22H,5-8H2,1-4H3. The molecule has 0 aliphatic rings. The first-order chi connectivity index (χ1) is 13.7. The maximum Gasteiger partial charge on any atom is 0.0197 e. The SMILES string of the molecule is CCC(CC)(c1ccccc1)c1ccc(C(CC)(CC)c2ccccc2)cc1. The maximum absolute atomic E-state index is 2.39. The normalized spacial score (nSPS) is 12.1. The third kappa shape index (κ3) is 3.41. The van der Waals surface area contributed by atoms with Gasteiger partial charge >= 0.3 is 0 Å². The molecule has 3 aromatic carbocycles. The van der Waals surface area contributed by atoms with E-state index in [1.54, 1.807) is 0 Å². The van der Waals surface area contributed by atoms with Crippen molar-refractivity contribution < 1.29 is 0 Å². The van der Waals surface area contributed by atoms with Gasteiger partial charge in [-0.1, -0.05) is 113 Å². The van der Waals surface area contributed by atoms with Crippen molar-refractivity contribution in [3.05, 3.63) is 107 Å². The summed E-state index contributed by atoms with van der Waals surface area (Å²) < 4.78 is 0. The van der Waals surface area contributed by atoms with Crippen molar-refractivity contribution in [1.29, 1.82) is 0 Å². The zero-order chi connectivity index (χ0) is 20.0. The van der Waals surface area contributed by atoms with Gasteiger partial charge in [-0.05, 0) is 47.9 Å². The Balaban J connectivity index is 2.07. The molecule has 146 valence electrons. The Morgan fingerprint density at radius 1 is 0.393 bits per heavy atom. The highest BCUT2D eigenvalue weighted by atomic mass is 14.4. The minimum Gasteiger partial charge on any atom is -0.0642 e. The molecule has 3 rings (SSSR count). The van der Waals surface area contributed by atoms with Crippen LogP contribution in [0.2, 0.25) is 0 Å². The summed E-state index contributed by atoms with van der Waals surface area (Å²) in [6.07, 6.45) is 4.44. The van der Waals surface area contributed by atoms with Gasteiger partial charge in [-0.25, -0.2) is 0 Å². The van der Waals surface area contributed by atoms with Crippen molar-refractivity contribution in [2.75, 3.05) is 0 Å². The lowest BCUT2D eigenvalue weighted by Crippen LogP contribution is -2.28. The molecule has 0 heteroatoms. The van der Waals surface area contributed by atoms with Gasteiger partial charge in [0.25, 0.3) is 0 Å². The molecule has 0 saturated heterocycles. The van der Waals surface area contributed by atoms with Crippen molar-refractivity contribution in [2.45, 2.75) is 64.2 Å². The van der Waals surface area contributed by atoms with E-state index in [-0.39, 0.29) is 10.8 Å². The minimum absolute atomic E-state index is 0.0909. The van der Waals surface area contributed by atoms with Crippen LogP contribution in [-0.4, -0.2) is 0 Å². The number of benzene rings is 3. The molecule has 0 nitrogen and oxygen atoms in total. The molecule has 3 aromatic rings. The van der Waals surface area contributed by atoms with Crippen molar-refractivity contribution in [3.8, 4) is 0 Å². The fourth-order valence-electron chi connectivity index (χ4n) is 5.09. The largest absolute Gasteiger partial charge is 0.0642 e. The molecule has 0 unspecified atom stereocenters. The van der Waals surface area contributed by atoms with Crippen molar-refractivity contribution in [1.82, 2.24) is 0 Å². The molecule has 0 amide bonds. The van der Waals surface area contributed by atoms with Crippen LogP contribution in [0.3, 0.4) is 0 Å². The molecule has 0 aliphatic carbocycles. The molecule has 0 spiro atoms. The van der Waals surface area contributed by atoms with E-state index in [2.05, 4.69) is 113 Å². The van der Waals surface area contributed by atoms with E-state index in [0.717, 1.165) is 25.7 Å². The molecule has 0 radical (unpaired) electrons. The summed E-state index contributed by atoms with van der Waals surface area (Å²) in [5.74, 6) is 0. The van der Waals surface area contributed by atoms with Gasteiger partial charge in [0.15, 0.2) is 0 Å². The van der Waals surface area contributed by atoms with Crippen molar-refractivity contribution in [3.63, 3.8) is 0 Å². The van der Waals surface area contributed by atoms with Crippen molar-refractivity contribution in [2.24, 2.45) is 0 Å². The van der Waals surface area contributed by atoms with E-state index in [1.165, 1.54) is 22.3 Å². The van der Waals surface area contributed by atoms with Crippen LogP contribution in [0.4, 0.5) is 0 Å². The third-order valence-corrected chi connectivity index (χ3v) is 7.06. The minimum atomic E-state index is 0.0909. The predicted octanol–water partition coefficient (Wildman–Crippen LogP) is 7.90. The van der Waals surface area contributed by atoms with Gasteiger partial charge in [-0.2, -0.15) is 0 Å². The quantitative estimate of drug-likeness (QED) is 0.378. The van der Waals surface area contributed by atoms with Crippen LogP contribution in [0.25, 0.3) is 0 Å². The highest BCUT2D eigenvalue weighted by Gasteiger charge is 2.33. The second kappa shape index (κ2) is 8.78. The Labute approximate surface area is 171 Å². The summed E-state index contributed by atoms with van der Waals surface area (Å²) in [4.78, 5) is 0. The Morgan fingerprint density at radius 3 is 0.893 bits per heavy atom. The summed E-state index contributed by atoms with van der Waals surface area (Å²) >= 11 is 0. The molecule has 0 atom stereocenters. The lowest BCUT2D eigenvalue weighted by atomic mass is 9.68. The highest BCUT2D eigenvalue weighted by molar-refractivity contribution is 5.44. The van der Waals surface area contributed by atoms with Gasteiger partial charge in [0, 0.05) is 10.8 Å². The molecule has 0 aliphatic heterocycles. The number of hydrogen-bond acceptors (Lipinski definition) is 0. The average molecular weight is 371 g/mol. The van der Waals surface area contributed by atoms with E-state index in [0.29, 0.717) is 0 Å². The lowest BCUT2D eigenvalue weighted by molar-refractivity contribution is 0.469. The summed E-state index contributed by atoms with van der Waals surface area (Å²) in [7, 11) is 0. The van der Waals surface area contributed by atoms with Crippen LogP contribution >= 0.6 is 0 Å². The van der Waals surface area contributed by atoms with E-state index >= 15 is 0 Å². The first-order valence-electron chi connectivity index (χ1n) is 10.9. The van der Waals surface area contributed by atoms with Crippen LogP contribution < -0.4 is 0 Å². The first-order valence-corrected chi connectivity index (χ1v) is 10.9. The molecule has 0 fully saturated rings. The van der Waals surface area contributed by atoms with Crippen LogP contribution in [-0.2, 0) is 10.8 Å². The number of hydrogen-bond donors (Lipinski definition) is 0. The monoisotopic (exact) mass is 370 g/mol. The summed E-state index contributed by atoms with van der Waals surface area (Å²) in [6, 6.07) is 31.6. The summed E-state index contributed by atoms with van der Waals surface area (Å²) in [5.41, 5.74) is 5.89. The van der Waals surface area contributed by atoms with E-state index in [4.69, 9.17) is 0 Å².